The molecule has 0 N–H and O–H groups in total. The standard InChI is InChI=1S/C53H49NO/c1-51(2,3)36-31-44(52(4,5)6)50-45(32-36)53(7,8)43-25-17-24-41(49(43)50)39-22-12-14-26-46(39)54(37-21-16-20-35(30-37)34-18-10-9-11-19-34)38-28-29-48-42(33-38)40-23-13-15-27-47(40)55-48/h9-33H,1-8H3. The van der Waals surface area contributed by atoms with Gasteiger partial charge in [-0.05, 0) is 103 Å². The zero-order chi connectivity index (χ0) is 38.3. The van der Waals surface area contributed by atoms with Gasteiger partial charge in [-0.25, -0.2) is 0 Å². The molecule has 1 aliphatic carbocycles. The van der Waals surface area contributed by atoms with Crippen LogP contribution in [0.3, 0.4) is 0 Å². The second-order valence-electron chi connectivity index (χ2n) is 17.8. The smallest absolute Gasteiger partial charge is 0.135 e. The number of hydrogen-bond acceptors (Lipinski definition) is 2. The van der Waals surface area contributed by atoms with E-state index in [9.17, 15) is 0 Å². The molecule has 0 radical (unpaired) electrons. The molecule has 0 spiro atoms. The topological polar surface area (TPSA) is 16.4 Å². The first-order valence-electron chi connectivity index (χ1n) is 19.6. The summed E-state index contributed by atoms with van der Waals surface area (Å²) in [6, 6.07) is 55.5. The van der Waals surface area contributed by atoms with Gasteiger partial charge in [0.25, 0.3) is 0 Å². The lowest BCUT2D eigenvalue weighted by Gasteiger charge is -2.31. The van der Waals surface area contributed by atoms with Crippen molar-refractivity contribution < 1.29 is 4.42 Å². The quantitative estimate of drug-likeness (QED) is 0.176. The molecule has 0 amide bonds. The second-order valence-corrected chi connectivity index (χ2v) is 17.8. The van der Waals surface area contributed by atoms with Crippen LogP contribution in [0.5, 0.6) is 0 Å². The summed E-state index contributed by atoms with van der Waals surface area (Å²) < 4.78 is 6.32. The number of para-hydroxylation sites is 2. The molecule has 2 nitrogen and oxygen atoms in total. The van der Waals surface area contributed by atoms with Crippen LogP contribution in [-0.4, -0.2) is 0 Å². The van der Waals surface area contributed by atoms with Crippen LogP contribution >= 0.6 is 0 Å². The summed E-state index contributed by atoms with van der Waals surface area (Å²) in [6.45, 7) is 18.9. The fourth-order valence-electron chi connectivity index (χ4n) is 8.77. The van der Waals surface area contributed by atoms with Crippen LogP contribution in [0.25, 0.3) is 55.3 Å². The van der Waals surface area contributed by atoms with Gasteiger partial charge in [-0.15, -0.1) is 0 Å². The Balaban J connectivity index is 1.32. The van der Waals surface area contributed by atoms with Crippen LogP contribution in [0.2, 0.25) is 0 Å². The molecule has 0 aliphatic heterocycles. The molecule has 2 heteroatoms. The Bertz CT molecular complexity index is 2750. The van der Waals surface area contributed by atoms with E-state index in [1.807, 2.05) is 6.07 Å². The Labute approximate surface area is 326 Å². The Kier molecular flexibility index (Phi) is 7.99. The van der Waals surface area contributed by atoms with Crippen molar-refractivity contribution in [3.05, 3.63) is 174 Å². The average Bonchev–Trinajstić information content (AvgIpc) is 3.66. The number of hydrogen-bond donors (Lipinski definition) is 0. The molecule has 0 fully saturated rings. The number of nitrogens with zero attached hydrogens (tertiary/aromatic N) is 1. The summed E-state index contributed by atoms with van der Waals surface area (Å²) in [5.41, 5.74) is 18.1. The van der Waals surface area contributed by atoms with Crippen molar-refractivity contribution in [2.75, 3.05) is 4.90 Å². The number of benzene rings is 7. The molecule has 0 saturated heterocycles. The third-order valence-corrected chi connectivity index (χ3v) is 11.7. The van der Waals surface area contributed by atoms with Gasteiger partial charge in [0.1, 0.15) is 11.2 Å². The second kappa shape index (κ2) is 12.6. The maximum atomic E-state index is 6.32. The van der Waals surface area contributed by atoms with Gasteiger partial charge in [-0.3, -0.25) is 0 Å². The Morgan fingerprint density at radius 1 is 0.473 bits per heavy atom. The SMILES string of the molecule is CC(C)(C)c1cc(C(C)(C)C)c2c(c1)C(C)(C)c1cccc(-c3ccccc3N(c3cccc(-c4ccccc4)c3)c3ccc4oc5ccccc5c4c3)c1-2. The summed E-state index contributed by atoms with van der Waals surface area (Å²) in [5.74, 6) is 0. The van der Waals surface area contributed by atoms with Gasteiger partial charge in [0.15, 0.2) is 0 Å². The van der Waals surface area contributed by atoms with Crippen molar-refractivity contribution in [1.82, 2.24) is 0 Å². The van der Waals surface area contributed by atoms with Crippen LogP contribution in [0.4, 0.5) is 17.1 Å². The fourth-order valence-corrected chi connectivity index (χ4v) is 8.77. The Morgan fingerprint density at radius 2 is 1.13 bits per heavy atom. The minimum Gasteiger partial charge on any atom is -0.456 e. The number of rotatable bonds is 5. The van der Waals surface area contributed by atoms with Gasteiger partial charge < -0.3 is 9.32 Å². The third kappa shape index (κ3) is 5.78. The maximum Gasteiger partial charge on any atom is 0.135 e. The van der Waals surface area contributed by atoms with Gasteiger partial charge in [0, 0.05) is 33.1 Å². The van der Waals surface area contributed by atoms with Gasteiger partial charge in [0.05, 0.1) is 5.69 Å². The highest BCUT2D eigenvalue weighted by molar-refractivity contribution is 6.07. The molecular formula is C53H49NO. The maximum absolute atomic E-state index is 6.32. The van der Waals surface area contributed by atoms with E-state index < -0.39 is 0 Å². The molecule has 272 valence electrons. The third-order valence-electron chi connectivity index (χ3n) is 11.7. The van der Waals surface area contributed by atoms with Crippen molar-refractivity contribution in [3.63, 3.8) is 0 Å². The molecule has 0 atom stereocenters. The molecule has 1 aliphatic rings. The molecule has 55 heavy (non-hydrogen) atoms. The van der Waals surface area contributed by atoms with Crippen molar-refractivity contribution in [3.8, 4) is 33.4 Å². The lowest BCUT2D eigenvalue weighted by molar-refractivity contribution is 0.564. The predicted octanol–water partition coefficient (Wildman–Crippen LogP) is 15.3. The molecular weight excluding hydrogens is 667 g/mol. The fraction of sp³-hybridized carbons (Fsp3) is 0.208. The summed E-state index contributed by atoms with van der Waals surface area (Å²) >= 11 is 0. The zero-order valence-electron chi connectivity index (χ0n) is 33.3. The summed E-state index contributed by atoms with van der Waals surface area (Å²) in [7, 11) is 0. The molecule has 1 heterocycles. The molecule has 8 aromatic rings. The monoisotopic (exact) mass is 715 g/mol. The number of furan rings is 1. The minimum atomic E-state index is -0.159. The van der Waals surface area contributed by atoms with E-state index >= 15 is 0 Å². The highest BCUT2D eigenvalue weighted by Gasteiger charge is 2.41. The van der Waals surface area contributed by atoms with Crippen LogP contribution in [0.1, 0.15) is 77.6 Å². The van der Waals surface area contributed by atoms with Crippen molar-refractivity contribution in [2.45, 2.75) is 71.6 Å². The van der Waals surface area contributed by atoms with Crippen LogP contribution in [-0.2, 0) is 16.2 Å². The summed E-state index contributed by atoms with van der Waals surface area (Å²) in [6.07, 6.45) is 0. The van der Waals surface area contributed by atoms with Crippen LogP contribution < -0.4 is 4.90 Å². The number of anilines is 3. The lowest BCUT2D eigenvalue weighted by Crippen LogP contribution is -2.21. The van der Waals surface area contributed by atoms with E-state index in [1.54, 1.807) is 0 Å². The molecule has 1 aromatic heterocycles. The Morgan fingerprint density at radius 3 is 1.91 bits per heavy atom. The van der Waals surface area contributed by atoms with E-state index in [2.05, 4.69) is 206 Å². The molecule has 0 saturated carbocycles. The van der Waals surface area contributed by atoms with E-state index in [4.69, 9.17) is 4.42 Å². The largest absolute Gasteiger partial charge is 0.456 e. The van der Waals surface area contributed by atoms with E-state index in [0.29, 0.717) is 0 Å². The van der Waals surface area contributed by atoms with E-state index in [0.717, 1.165) is 39.0 Å². The molecule has 0 unspecified atom stereocenters. The van der Waals surface area contributed by atoms with Gasteiger partial charge in [-0.1, -0.05) is 165 Å². The van der Waals surface area contributed by atoms with Crippen LogP contribution in [0.15, 0.2) is 156 Å². The normalized spacial score (nSPS) is 13.6. The average molecular weight is 716 g/mol. The van der Waals surface area contributed by atoms with Crippen molar-refractivity contribution in [1.29, 1.82) is 0 Å². The summed E-state index contributed by atoms with van der Waals surface area (Å²) in [4.78, 5) is 2.44. The highest BCUT2D eigenvalue weighted by atomic mass is 16.3. The van der Waals surface area contributed by atoms with Crippen molar-refractivity contribution >= 4 is 39.0 Å². The van der Waals surface area contributed by atoms with Gasteiger partial charge in [-0.2, -0.15) is 0 Å². The first-order valence-corrected chi connectivity index (χ1v) is 19.6. The number of fused-ring (bicyclic) bond motifs is 6. The van der Waals surface area contributed by atoms with Crippen LogP contribution in [0, 0.1) is 0 Å². The highest BCUT2D eigenvalue weighted by Crippen LogP contribution is 2.57. The van der Waals surface area contributed by atoms with E-state index in [-0.39, 0.29) is 16.2 Å². The zero-order valence-corrected chi connectivity index (χ0v) is 33.3. The Hall–Kier alpha value is -5.86. The first-order chi connectivity index (χ1) is 26.3. The molecule has 7 aromatic carbocycles. The first kappa shape index (κ1) is 34.9. The van der Waals surface area contributed by atoms with E-state index in [1.165, 1.54) is 55.6 Å². The molecule has 0 bridgehead atoms. The predicted molar refractivity (Wildman–Crippen MR) is 234 cm³/mol. The van der Waals surface area contributed by atoms with Crippen molar-refractivity contribution in [2.24, 2.45) is 0 Å². The van der Waals surface area contributed by atoms with Gasteiger partial charge in [0.2, 0.25) is 0 Å². The minimum absolute atomic E-state index is 0.0333. The lowest BCUT2D eigenvalue weighted by atomic mass is 9.74. The summed E-state index contributed by atoms with van der Waals surface area (Å²) in [5, 5.41) is 2.23. The molecule has 9 rings (SSSR count). The van der Waals surface area contributed by atoms with Gasteiger partial charge >= 0.3 is 0 Å².